The van der Waals surface area contributed by atoms with Crippen molar-refractivity contribution >= 4 is 17.5 Å². The number of benzene rings is 1. The molecule has 122 valence electrons. The summed E-state index contributed by atoms with van der Waals surface area (Å²) in [5, 5.41) is 0.143. The van der Waals surface area contributed by atoms with Crippen LogP contribution < -0.4 is 0 Å². The summed E-state index contributed by atoms with van der Waals surface area (Å²) in [5.41, 5.74) is 1.98. The van der Waals surface area contributed by atoms with Crippen molar-refractivity contribution < 1.29 is 9.18 Å². The zero-order chi connectivity index (χ0) is 16.7. The van der Waals surface area contributed by atoms with Gasteiger partial charge < -0.3 is 9.47 Å². The lowest BCUT2D eigenvalue weighted by molar-refractivity contribution is 0.0726. The minimum atomic E-state index is -0.586. The second-order valence-electron chi connectivity index (χ2n) is 6.15. The third kappa shape index (κ3) is 2.74. The highest BCUT2D eigenvalue weighted by Gasteiger charge is 2.29. The summed E-state index contributed by atoms with van der Waals surface area (Å²) in [7, 11) is 2.01. The predicted molar refractivity (Wildman–Crippen MR) is 87.2 cm³/mol. The first-order valence-corrected chi connectivity index (χ1v) is 8.05. The predicted octanol–water partition coefficient (Wildman–Crippen LogP) is 3.53. The van der Waals surface area contributed by atoms with E-state index in [0.717, 1.165) is 17.2 Å². The van der Waals surface area contributed by atoms with Crippen molar-refractivity contribution in [3.8, 4) is 0 Å². The molecule has 0 N–H and O–H groups in total. The number of fused-ring (bicyclic) bond motifs is 1. The van der Waals surface area contributed by atoms with Gasteiger partial charge in [-0.15, -0.1) is 0 Å². The van der Waals surface area contributed by atoms with Crippen LogP contribution in [0, 0.1) is 5.82 Å². The Balaban J connectivity index is 1.90. The minimum absolute atomic E-state index is 0.0577. The van der Waals surface area contributed by atoms with E-state index < -0.39 is 5.82 Å². The normalized spacial score (nSPS) is 14.3. The Morgan fingerprint density at radius 1 is 1.39 bits per heavy atom. The van der Waals surface area contributed by atoms with E-state index in [1.165, 1.54) is 18.2 Å². The van der Waals surface area contributed by atoms with Crippen molar-refractivity contribution in [2.45, 2.75) is 32.7 Å². The van der Waals surface area contributed by atoms with Gasteiger partial charge in [-0.25, -0.2) is 9.37 Å². The molecule has 6 heteroatoms. The molecule has 4 nitrogen and oxygen atoms in total. The fourth-order valence-corrected chi connectivity index (χ4v) is 3.34. The smallest absolute Gasteiger partial charge is 0.258 e. The summed E-state index contributed by atoms with van der Waals surface area (Å²) < 4.78 is 16.1. The van der Waals surface area contributed by atoms with E-state index >= 15 is 0 Å². The van der Waals surface area contributed by atoms with Crippen molar-refractivity contribution in [2.24, 2.45) is 7.05 Å². The number of nitrogens with zero attached hydrogens (tertiary/aromatic N) is 3. The highest BCUT2D eigenvalue weighted by atomic mass is 35.5. The number of carbonyl (C=O) groups is 1. The van der Waals surface area contributed by atoms with Gasteiger partial charge in [0.05, 0.1) is 22.8 Å². The molecule has 0 radical (unpaired) electrons. The Morgan fingerprint density at radius 3 is 2.78 bits per heavy atom. The highest BCUT2D eigenvalue weighted by molar-refractivity contribution is 6.33. The average Bonchev–Trinajstić information content (AvgIpc) is 2.84. The molecule has 0 atom stereocenters. The fourth-order valence-electron chi connectivity index (χ4n) is 3.10. The molecule has 0 spiro atoms. The molecule has 23 heavy (non-hydrogen) atoms. The molecule has 0 bridgehead atoms. The molecule has 0 saturated heterocycles. The van der Waals surface area contributed by atoms with Crippen LogP contribution in [0.3, 0.4) is 0 Å². The highest BCUT2D eigenvalue weighted by Crippen LogP contribution is 2.26. The first-order valence-electron chi connectivity index (χ1n) is 7.67. The monoisotopic (exact) mass is 335 g/mol. The van der Waals surface area contributed by atoms with Gasteiger partial charge in [-0.1, -0.05) is 31.5 Å². The van der Waals surface area contributed by atoms with E-state index in [1.54, 1.807) is 4.90 Å². The summed E-state index contributed by atoms with van der Waals surface area (Å²) in [4.78, 5) is 18.9. The first kappa shape index (κ1) is 16.0. The topological polar surface area (TPSA) is 38.1 Å². The van der Waals surface area contributed by atoms with E-state index in [1.807, 2.05) is 7.05 Å². The molecule has 3 rings (SSSR count). The molecule has 0 unspecified atom stereocenters. The summed E-state index contributed by atoms with van der Waals surface area (Å²) in [6, 6.07) is 4.29. The average molecular weight is 336 g/mol. The van der Waals surface area contributed by atoms with Crippen LogP contribution in [0.2, 0.25) is 5.02 Å². The second kappa shape index (κ2) is 5.96. The van der Waals surface area contributed by atoms with Crippen molar-refractivity contribution in [3.63, 3.8) is 0 Å². The van der Waals surface area contributed by atoms with Gasteiger partial charge in [0.1, 0.15) is 11.6 Å². The molecule has 2 heterocycles. The third-order valence-corrected chi connectivity index (χ3v) is 4.59. The summed E-state index contributed by atoms with van der Waals surface area (Å²) in [6.07, 6.45) is 0.712. The number of aromatic nitrogens is 2. The van der Waals surface area contributed by atoms with Crippen molar-refractivity contribution in [1.29, 1.82) is 0 Å². The van der Waals surface area contributed by atoms with E-state index in [4.69, 9.17) is 11.6 Å². The maximum atomic E-state index is 14.0. The Labute approximate surface area is 139 Å². The van der Waals surface area contributed by atoms with Gasteiger partial charge in [0, 0.05) is 31.6 Å². The lowest BCUT2D eigenvalue weighted by atomic mass is 10.1. The SMILES string of the molecule is CC(C)c1nc2c(n1C)CCN(C(=O)c1c(F)cccc1Cl)C2. The Morgan fingerprint density at radius 2 is 2.13 bits per heavy atom. The van der Waals surface area contributed by atoms with E-state index in [-0.39, 0.29) is 16.5 Å². The number of amides is 1. The summed E-state index contributed by atoms with van der Waals surface area (Å²) in [6.45, 7) is 5.11. The number of carbonyl (C=O) groups excluding carboxylic acids is 1. The molecule has 1 aromatic carbocycles. The van der Waals surface area contributed by atoms with Gasteiger partial charge >= 0.3 is 0 Å². The van der Waals surface area contributed by atoms with Gasteiger partial charge in [-0.05, 0) is 12.1 Å². The second-order valence-corrected chi connectivity index (χ2v) is 6.56. The van der Waals surface area contributed by atoms with Gasteiger partial charge in [0.2, 0.25) is 0 Å². The standard InChI is InChI=1S/C17H19ClFN3O/c1-10(2)16-20-13-9-22(8-7-14(13)21(16)3)17(23)15-11(18)5-4-6-12(15)19/h4-6,10H,7-9H2,1-3H3. The van der Waals surface area contributed by atoms with E-state index in [0.29, 0.717) is 25.4 Å². The number of hydrogen-bond donors (Lipinski definition) is 0. The third-order valence-electron chi connectivity index (χ3n) is 4.27. The maximum absolute atomic E-state index is 14.0. The minimum Gasteiger partial charge on any atom is -0.334 e. The van der Waals surface area contributed by atoms with Crippen LogP contribution in [0.25, 0.3) is 0 Å². The molecule has 1 aliphatic rings. The Kier molecular flexibility index (Phi) is 4.15. The van der Waals surface area contributed by atoms with Crippen LogP contribution in [-0.4, -0.2) is 26.9 Å². The molecular formula is C17H19ClFN3O. The molecule has 0 fully saturated rings. The van der Waals surface area contributed by atoms with E-state index in [2.05, 4.69) is 23.4 Å². The van der Waals surface area contributed by atoms with Crippen LogP contribution >= 0.6 is 11.6 Å². The summed E-state index contributed by atoms with van der Waals surface area (Å²) in [5.74, 6) is 0.358. The molecule has 1 aliphatic heterocycles. The molecule has 0 saturated carbocycles. The number of rotatable bonds is 2. The molecular weight excluding hydrogens is 317 g/mol. The van der Waals surface area contributed by atoms with Crippen LogP contribution in [0.1, 0.15) is 47.3 Å². The van der Waals surface area contributed by atoms with Gasteiger partial charge in [0.25, 0.3) is 5.91 Å². The quantitative estimate of drug-likeness (QED) is 0.842. The molecule has 0 aliphatic carbocycles. The zero-order valence-electron chi connectivity index (χ0n) is 13.4. The number of imidazole rings is 1. The fraction of sp³-hybridized carbons (Fsp3) is 0.412. The lowest BCUT2D eigenvalue weighted by Gasteiger charge is -2.27. The van der Waals surface area contributed by atoms with Crippen molar-refractivity contribution in [1.82, 2.24) is 14.5 Å². The van der Waals surface area contributed by atoms with Gasteiger partial charge in [0.15, 0.2) is 0 Å². The Bertz CT molecular complexity index is 749. The molecule has 1 aromatic heterocycles. The van der Waals surface area contributed by atoms with Crippen LogP contribution in [0.5, 0.6) is 0 Å². The van der Waals surface area contributed by atoms with Crippen molar-refractivity contribution in [2.75, 3.05) is 6.54 Å². The first-order chi connectivity index (χ1) is 10.9. The molecule has 2 aromatic rings. The van der Waals surface area contributed by atoms with Crippen LogP contribution in [-0.2, 0) is 20.0 Å². The van der Waals surface area contributed by atoms with Crippen LogP contribution in [0.4, 0.5) is 4.39 Å². The number of hydrogen-bond acceptors (Lipinski definition) is 2. The Hall–Kier alpha value is -1.88. The summed E-state index contributed by atoms with van der Waals surface area (Å²) >= 11 is 6.01. The van der Waals surface area contributed by atoms with Gasteiger partial charge in [-0.2, -0.15) is 0 Å². The van der Waals surface area contributed by atoms with E-state index in [9.17, 15) is 9.18 Å². The lowest BCUT2D eigenvalue weighted by Crippen LogP contribution is -2.37. The number of halogens is 2. The molecule has 1 amide bonds. The maximum Gasteiger partial charge on any atom is 0.258 e. The van der Waals surface area contributed by atoms with Gasteiger partial charge in [-0.3, -0.25) is 4.79 Å². The largest absolute Gasteiger partial charge is 0.334 e. The van der Waals surface area contributed by atoms with Crippen LogP contribution in [0.15, 0.2) is 18.2 Å². The van der Waals surface area contributed by atoms with Crippen molar-refractivity contribution in [3.05, 3.63) is 51.8 Å². The zero-order valence-corrected chi connectivity index (χ0v) is 14.2.